The van der Waals surface area contributed by atoms with E-state index in [9.17, 15) is 0 Å². The van der Waals surface area contributed by atoms with Gasteiger partial charge in [0.2, 0.25) is 0 Å². The van der Waals surface area contributed by atoms with Crippen LogP contribution in [0.1, 0.15) is 12.1 Å². The molecule has 1 aliphatic rings. The summed E-state index contributed by atoms with van der Waals surface area (Å²) in [5.41, 5.74) is 1.02. The highest BCUT2D eigenvalue weighted by Crippen LogP contribution is 2.14. The van der Waals surface area contributed by atoms with Crippen LogP contribution in [0.2, 0.25) is 0 Å². The summed E-state index contributed by atoms with van der Waals surface area (Å²) in [6, 6.07) is 0. The Kier molecular flexibility index (Phi) is 2.93. The first-order chi connectivity index (χ1) is 6.88. The maximum Gasteiger partial charge on any atom is 0.150 e. The smallest absolute Gasteiger partial charge is 0.150 e. The van der Waals surface area contributed by atoms with E-state index in [2.05, 4.69) is 20.2 Å². The average molecular weight is 192 g/mol. The number of nitrogens with zero attached hydrogens (tertiary/aromatic N) is 3. The molecule has 14 heavy (non-hydrogen) atoms. The van der Waals surface area contributed by atoms with Crippen LogP contribution in [0.15, 0.2) is 12.4 Å². The van der Waals surface area contributed by atoms with Crippen molar-refractivity contribution in [2.45, 2.75) is 13.3 Å². The number of aromatic nitrogens is 2. The van der Waals surface area contributed by atoms with Gasteiger partial charge in [0, 0.05) is 32.0 Å². The molecule has 0 atom stereocenters. The van der Waals surface area contributed by atoms with Gasteiger partial charge in [0.1, 0.15) is 5.82 Å². The molecule has 0 unspecified atom stereocenters. The average Bonchev–Trinajstić information content (AvgIpc) is 2.47. The van der Waals surface area contributed by atoms with E-state index in [0.29, 0.717) is 0 Å². The van der Waals surface area contributed by atoms with E-state index in [1.807, 2.05) is 6.92 Å². The highest BCUT2D eigenvalue weighted by atomic mass is 15.2. The zero-order valence-corrected chi connectivity index (χ0v) is 8.53. The standard InChI is InChI=1S/C10H16N4/c1-9-10(13-5-4-12-9)14-7-2-3-11-6-8-14/h4-5,11H,2-3,6-8H2,1H3. The van der Waals surface area contributed by atoms with E-state index in [4.69, 9.17) is 0 Å². The molecule has 0 aliphatic carbocycles. The van der Waals surface area contributed by atoms with E-state index < -0.39 is 0 Å². The summed E-state index contributed by atoms with van der Waals surface area (Å²) >= 11 is 0. The third-order valence-electron chi connectivity index (χ3n) is 2.49. The van der Waals surface area contributed by atoms with Gasteiger partial charge in [-0.1, -0.05) is 0 Å². The Balaban J connectivity index is 2.16. The monoisotopic (exact) mass is 192 g/mol. The predicted molar refractivity (Wildman–Crippen MR) is 56.5 cm³/mol. The van der Waals surface area contributed by atoms with Gasteiger partial charge in [0.25, 0.3) is 0 Å². The van der Waals surface area contributed by atoms with Crippen LogP contribution in [0.3, 0.4) is 0 Å². The van der Waals surface area contributed by atoms with E-state index in [1.54, 1.807) is 12.4 Å². The summed E-state index contributed by atoms with van der Waals surface area (Å²) in [4.78, 5) is 10.9. The third-order valence-corrected chi connectivity index (χ3v) is 2.49. The van der Waals surface area contributed by atoms with Crippen LogP contribution in [0.4, 0.5) is 5.82 Å². The van der Waals surface area contributed by atoms with Gasteiger partial charge in [-0.2, -0.15) is 0 Å². The highest BCUT2D eigenvalue weighted by Gasteiger charge is 2.12. The summed E-state index contributed by atoms with van der Waals surface area (Å²) in [6.07, 6.45) is 4.69. The number of hydrogen-bond acceptors (Lipinski definition) is 4. The van der Waals surface area contributed by atoms with Crippen molar-refractivity contribution in [1.82, 2.24) is 15.3 Å². The molecule has 0 radical (unpaired) electrons. The Labute approximate surface area is 84.4 Å². The fraction of sp³-hybridized carbons (Fsp3) is 0.600. The van der Waals surface area contributed by atoms with Crippen molar-refractivity contribution in [2.75, 3.05) is 31.1 Å². The SMILES string of the molecule is Cc1nccnc1N1CCCNCC1. The van der Waals surface area contributed by atoms with Crippen LogP contribution >= 0.6 is 0 Å². The molecule has 0 saturated carbocycles. The van der Waals surface area contributed by atoms with E-state index in [1.165, 1.54) is 6.42 Å². The van der Waals surface area contributed by atoms with Crippen LogP contribution in [-0.2, 0) is 0 Å². The van der Waals surface area contributed by atoms with Gasteiger partial charge in [0.15, 0.2) is 0 Å². The van der Waals surface area contributed by atoms with Gasteiger partial charge in [-0.3, -0.25) is 4.98 Å². The molecule has 1 fully saturated rings. The zero-order valence-electron chi connectivity index (χ0n) is 8.53. The van der Waals surface area contributed by atoms with Gasteiger partial charge in [0.05, 0.1) is 5.69 Å². The molecule has 2 rings (SSSR count). The summed E-state index contributed by atoms with van der Waals surface area (Å²) in [5.74, 6) is 1.04. The topological polar surface area (TPSA) is 41.1 Å². The molecule has 1 aromatic heterocycles. The maximum atomic E-state index is 4.38. The Morgan fingerprint density at radius 1 is 1.21 bits per heavy atom. The van der Waals surface area contributed by atoms with Gasteiger partial charge in [-0.15, -0.1) is 0 Å². The first-order valence-corrected chi connectivity index (χ1v) is 5.11. The summed E-state index contributed by atoms with van der Waals surface area (Å²) < 4.78 is 0. The predicted octanol–water partition coefficient (Wildman–Crippen LogP) is 0.585. The van der Waals surface area contributed by atoms with Gasteiger partial charge < -0.3 is 10.2 Å². The van der Waals surface area contributed by atoms with Crippen LogP contribution in [0, 0.1) is 6.92 Å². The quantitative estimate of drug-likeness (QED) is 0.707. The minimum Gasteiger partial charge on any atom is -0.354 e. The Morgan fingerprint density at radius 2 is 2.07 bits per heavy atom. The minimum absolute atomic E-state index is 1.02. The number of hydrogen-bond donors (Lipinski definition) is 1. The van der Waals surface area contributed by atoms with Gasteiger partial charge in [-0.25, -0.2) is 4.98 Å². The van der Waals surface area contributed by atoms with Crippen molar-refractivity contribution in [3.63, 3.8) is 0 Å². The second-order valence-electron chi connectivity index (χ2n) is 3.56. The molecule has 4 heteroatoms. The van der Waals surface area contributed by atoms with E-state index in [0.717, 1.165) is 37.7 Å². The molecule has 4 nitrogen and oxygen atoms in total. The minimum atomic E-state index is 1.02. The molecule has 1 aliphatic heterocycles. The molecule has 0 amide bonds. The molecule has 1 aromatic rings. The Hall–Kier alpha value is -1.16. The number of rotatable bonds is 1. The summed E-state index contributed by atoms with van der Waals surface area (Å²) in [5, 5.41) is 3.38. The van der Waals surface area contributed by atoms with Crippen molar-refractivity contribution in [1.29, 1.82) is 0 Å². The first kappa shape index (κ1) is 9.40. The maximum absolute atomic E-state index is 4.38. The lowest BCUT2D eigenvalue weighted by Crippen LogP contribution is -2.29. The molecule has 2 heterocycles. The lowest BCUT2D eigenvalue weighted by Gasteiger charge is -2.21. The van der Waals surface area contributed by atoms with Crippen molar-refractivity contribution < 1.29 is 0 Å². The van der Waals surface area contributed by atoms with Crippen molar-refractivity contribution in [3.05, 3.63) is 18.1 Å². The Morgan fingerprint density at radius 3 is 2.93 bits per heavy atom. The number of nitrogens with one attached hydrogen (secondary N) is 1. The van der Waals surface area contributed by atoms with Crippen LogP contribution < -0.4 is 10.2 Å². The summed E-state index contributed by atoms with van der Waals surface area (Å²) in [7, 11) is 0. The second kappa shape index (κ2) is 4.37. The van der Waals surface area contributed by atoms with Crippen LogP contribution in [0.25, 0.3) is 0 Å². The Bertz CT molecular complexity index is 292. The molecule has 0 aromatic carbocycles. The van der Waals surface area contributed by atoms with Gasteiger partial charge >= 0.3 is 0 Å². The molecular formula is C10H16N4. The van der Waals surface area contributed by atoms with Crippen molar-refractivity contribution in [2.24, 2.45) is 0 Å². The van der Waals surface area contributed by atoms with E-state index in [-0.39, 0.29) is 0 Å². The van der Waals surface area contributed by atoms with Gasteiger partial charge in [-0.05, 0) is 19.9 Å². The number of aryl methyl sites for hydroxylation is 1. The van der Waals surface area contributed by atoms with E-state index >= 15 is 0 Å². The molecular weight excluding hydrogens is 176 g/mol. The largest absolute Gasteiger partial charge is 0.354 e. The number of anilines is 1. The molecule has 76 valence electrons. The van der Waals surface area contributed by atoms with Crippen molar-refractivity contribution in [3.8, 4) is 0 Å². The normalized spacial score (nSPS) is 17.9. The molecule has 0 bridgehead atoms. The molecule has 0 spiro atoms. The molecule has 1 saturated heterocycles. The van der Waals surface area contributed by atoms with Crippen LogP contribution in [-0.4, -0.2) is 36.1 Å². The lowest BCUT2D eigenvalue weighted by atomic mass is 10.3. The lowest BCUT2D eigenvalue weighted by molar-refractivity contribution is 0.724. The molecule has 1 N–H and O–H groups in total. The fourth-order valence-electron chi connectivity index (χ4n) is 1.77. The fourth-order valence-corrected chi connectivity index (χ4v) is 1.77. The van der Waals surface area contributed by atoms with Crippen LogP contribution in [0.5, 0.6) is 0 Å². The zero-order chi connectivity index (χ0) is 9.80. The second-order valence-corrected chi connectivity index (χ2v) is 3.56. The first-order valence-electron chi connectivity index (χ1n) is 5.11. The van der Waals surface area contributed by atoms with Crippen molar-refractivity contribution >= 4 is 5.82 Å². The summed E-state index contributed by atoms with van der Waals surface area (Å²) in [6.45, 7) is 6.26. The highest BCUT2D eigenvalue weighted by molar-refractivity contribution is 5.42. The third kappa shape index (κ3) is 2.01.